The van der Waals surface area contributed by atoms with Crippen LogP contribution in [-0.2, 0) is 27.8 Å². The van der Waals surface area contributed by atoms with Crippen LogP contribution >= 0.6 is 11.3 Å². The molecule has 4 rings (SSSR count). The number of methoxy groups -OCH3 is 1. The topological polar surface area (TPSA) is 132 Å². The molecule has 1 aliphatic heterocycles. The van der Waals surface area contributed by atoms with E-state index < -0.39 is 34.1 Å². The molecule has 0 unspecified atom stereocenters. The predicted molar refractivity (Wildman–Crippen MR) is 178 cm³/mol. The summed E-state index contributed by atoms with van der Waals surface area (Å²) in [7, 11) is -2.48. The zero-order chi connectivity index (χ0) is 33.4. The van der Waals surface area contributed by atoms with Gasteiger partial charge in [-0.2, -0.15) is 4.31 Å². The van der Waals surface area contributed by atoms with Gasteiger partial charge >= 0.3 is 6.03 Å². The molecule has 0 bridgehead atoms. The second-order valence-electron chi connectivity index (χ2n) is 12.3. The van der Waals surface area contributed by atoms with E-state index >= 15 is 0 Å². The van der Waals surface area contributed by atoms with Crippen LogP contribution in [0.2, 0.25) is 0 Å². The number of aliphatic hydroxyl groups excluding tert-OH is 1. The Morgan fingerprint density at radius 1 is 1.07 bits per heavy atom. The molecule has 3 amide bonds. The fraction of sp³-hybridized carbons (Fsp3) is 0.485. The Labute approximate surface area is 276 Å². The lowest BCUT2D eigenvalue weighted by Crippen LogP contribution is -2.57. The fourth-order valence-electron chi connectivity index (χ4n) is 5.63. The summed E-state index contributed by atoms with van der Waals surface area (Å²) in [5.74, 6) is -0.109. The number of carbonyl (C=O) groups excluding carboxylic acids is 2. The Hall–Kier alpha value is -3.52. The molecular weight excluding hydrogens is 627 g/mol. The van der Waals surface area contributed by atoms with E-state index in [1.807, 2.05) is 63.4 Å². The zero-order valence-electron chi connectivity index (χ0n) is 27.1. The van der Waals surface area contributed by atoms with Gasteiger partial charge in [-0.25, -0.2) is 18.2 Å². The third-order valence-corrected chi connectivity index (χ3v) is 10.5. The highest BCUT2D eigenvalue weighted by Gasteiger charge is 2.40. The Morgan fingerprint density at radius 2 is 1.76 bits per heavy atom. The average Bonchev–Trinajstić information content (AvgIpc) is 3.67. The maximum absolute atomic E-state index is 14.0. The van der Waals surface area contributed by atoms with Crippen molar-refractivity contribution >= 4 is 33.3 Å². The molecule has 2 aromatic carbocycles. The summed E-state index contributed by atoms with van der Waals surface area (Å²) in [6, 6.07) is 13.7. The van der Waals surface area contributed by atoms with E-state index in [9.17, 15) is 23.1 Å². The molecule has 1 aromatic heterocycles. The van der Waals surface area contributed by atoms with E-state index in [1.165, 1.54) is 34.9 Å². The minimum Gasteiger partial charge on any atom is -0.497 e. The third-order valence-electron chi connectivity index (χ3n) is 7.92. The SMILES string of the molecule is COc1ccc(S(=O)(=O)N(CC(C)C)C[C@@H](O)[C@H](Cc2ccccc2)NC(=O)[C@H](C(C)C)N2CCN(Cc3nccs3)C2=O)cc1. The highest BCUT2D eigenvalue weighted by molar-refractivity contribution is 7.89. The Kier molecular flexibility index (Phi) is 12.2. The van der Waals surface area contributed by atoms with Crippen LogP contribution in [0.1, 0.15) is 38.3 Å². The molecule has 2 N–H and O–H groups in total. The van der Waals surface area contributed by atoms with Crippen molar-refractivity contribution in [1.29, 1.82) is 0 Å². The van der Waals surface area contributed by atoms with Crippen molar-refractivity contribution in [2.75, 3.05) is 33.3 Å². The van der Waals surface area contributed by atoms with Crippen LogP contribution in [0.25, 0.3) is 0 Å². The fourth-order valence-corrected chi connectivity index (χ4v) is 7.89. The number of nitrogens with zero attached hydrogens (tertiary/aromatic N) is 4. The monoisotopic (exact) mass is 671 g/mol. The molecule has 1 fully saturated rings. The van der Waals surface area contributed by atoms with Gasteiger partial charge in [0.2, 0.25) is 15.9 Å². The second kappa shape index (κ2) is 15.9. The lowest BCUT2D eigenvalue weighted by molar-refractivity contribution is -0.128. The van der Waals surface area contributed by atoms with Crippen molar-refractivity contribution in [3.63, 3.8) is 0 Å². The Morgan fingerprint density at radius 3 is 2.35 bits per heavy atom. The molecule has 3 aromatic rings. The molecule has 13 heteroatoms. The molecule has 2 heterocycles. The van der Waals surface area contributed by atoms with Crippen molar-refractivity contribution in [1.82, 2.24) is 24.4 Å². The minimum absolute atomic E-state index is 0.0267. The number of benzene rings is 2. The number of nitrogens with one attached hydrogen (secondary N) is 1. The number of carbonyl (C=O) groups is 2. The zero-order valence-corrected chi connectivity index (χ0v) is 28.7. The van der Waals surface area contributed by atoms with Gasteiger partial charge in [0, 0.05) is 37.8 Å². The standard InChI is InChI=1S/C33H45N5O6S2/c1-23(2)20-37(46(42,43)27-13-11-26(44-5)12-14-27)21-29(39)28(19-25-9-7-6-8-10-25)35-32(40)31(24(3)4)38-17-16-36(33(38)41)22-30-34-15-18-45-30/h6-15,18,23-24,28-29,31,39H,16-17,19-22H2,1-5H3,(H,35,40)/t28-,29+,31-/m0/s1. The van der Waals surface area contributed by atoms with Crippen LogP contribution in [0.15, 0.2) is 71.1 Å². The lowest BCUT2D eigenvalue weighted by Gasteiger charge is -2.34. The Bertz CT molecular complexity index is 1520. The number of aromatic nitrogens is 1. The summed E-state index contributed by atoms with van der Waals surface area (Å²) in [6.45, 7) is 8.75. The maximum Gasteiger partial charge on any atom is 0.321 e. The van der Waals surface area contributed by atoms with Crippen LogP contribution in [0.4, 0.5) is 4.79 Å². The van der Waals surface area contributed by atoms with Crippen LogP contribution < -0.4 is 10.1 Å². The van der Waals surface area contributed by atoms with Crippen LogP contribution in [0, 0.1) is 11.8 Å². The average molecular weight is 672 g/mol. The lowest BCUT2D eigenvalue weighted by atomic mass is 9.97. The number of thiazole rings is 1. The summed E-state index contributed by atoms with van der Waals surface area (Å²) < 4.78 is 34.0. The van der Waals surface area contributed by atoms with E-state index in [1.54, 1.807) is 28.1 Å². The van der Waals surface area contributed by atoms with Gasteiger partial charge in [0.1, 0.15) is 16.8 Å². The molecule has 0 saturated carbocycles. The number of sulfonamides is 1. The van der Waals surface area contributed by atoms with E-state index in [4.69, 9.17) is 4.74 Å². The van der Waals surface area contributed by atoms with Gasteiger partial charge in [-0.05, 0) is 48.1 Å². The summed E-state index contributed by atoms with van der Waals surface area (Å²) in [6.07, 6.45) is 0.714. The maximum atomic E-state index is 14.0. The van der Waals surface area contributed by atoms with Gasteiger partial charge < -0.3 is 25.0 Å². The number of hydrogen-bond acceptors (Lipinski definition) is 8. The number of aliphatic hydroxyl groups is 1. The van der Waals surface area contributed by atoms with Crippen molar-refractivity contribution in [2.24, 2.45) is 11.8 Å². The highest BCUT2D eigenvalue weighted by atomic mass is 32.2. The molecule has 11 nitrogen and oxygen atoms in total. The first-order valence-electron chi connectivity index (χ1n) is 15.5. The third kappa shape index (κ3) is 8.84. The molecule has 46 heavy (non-hydrogen) atoms. The first-order valence-corrected chi connectivity index (χ1v) is 17.8. The van der Waals surface area contributed by atoms with Crippen LogP contribution in [0.5, 0.6) is 5.75 Å². The van der Waals surface area contributed by atoms with Crippen LogP contribution in [-0.4, -0.2) is 96.0 Å². The van der Waals surface area contributed by atoms with Gasteiger partial charge in [0.15, 0.2) is 0 Å². The Balaban J connectivity index is 1.57. The van der Waals surface area contributed by atoms with Crippen molar-refractivity contribution in [3.05, 3.63) is 76.7 Å². The van der Waals surface area contributed by atoms with Gasteiger partial charge in [0.05, 0.1) is 30.7 Å². The largest absolute Gasteiger partial charge is 0.497 e. The number of urea groups is 1. The molecule has 1 saturated heterocycles. The smallest absolute Gasteiger partial charge is 0.321 e. The molecular formula is C33H45N5O6S2. The number of amides is 3. The number of rotatable bonds is 16. The van der Waals surface area contributed by atoms with E-state index in [0.717, 1.165) is 10.6 Å². The molecule has 0 aliphatic carbocycles. The van der Waals surface area contributed by atoms with Crippen molar-refractivity contribution < 1.29 is 27.9 Å². The number of ether oxygens (including phenoxy) is 1. The number of hydrogen-bond donors (Lipinski definition) is 2. The minimum atomic E-state index is -3.99. The molecule has 0 spiro atoms. The van der Waals surface area contributed by atoms with Crippen molar-refractivity contribution in [3.8, 4) is 5.75 Å². The van der Waals surface area contributed by atoms with Crippen molar-refractivity contribution in [2.45, 2.75) is 63.7 Å². The molecule has 0 radical (unpaired) electrons. The summed E-state index contributed by atoms with van der Waals surface area (Å²) in [4.78, 5) is 35.1. The quantitative estimate of drug-likeness (QED) is 0.237. The normalized spacial score (nSPS) is 15.9. The van der Waals surface area contributed by atoms with Gasteiger partial charge in [-0.1, -0.05) is 58.0 Å². The first kappa shape index (κ1) is 35.3. The van der Waals surface area contributed by atoms with E-state index in [0.29, 0.717) is 25.4 Å². The molecule has 3 atom stereocenters. The van der Waals surface area contributed by atoms with E-state index in [-0.39, 0.29) is 42.3 Å². The second-order valence-corrected chi connectivity index (χ2v) is 15.2. The molecule has 1 aliphatic rings. The van der Waals surface area contributed by atoms with Gasteiger partial charge in [-0.15, -0.1) is 11.3 Å². The highest BCUT2D eigenvalue weighted by Crippen LogP contribution is 2.24. The molecule has 250 valence electrons. The van der Waals surface area contributed by atoms with Crippen LogP contribution in [0.3, 0.4) is 0 Å². The predicted octanol–water partition coefficient (Wildman–Crippen LogP) is 3.85. The summed E-state index contributed by atoms with van der Waals surface area (Å²) in [5.41, 5.74) is 0.869. The van der Waals surface area contributed by atoms with Gasteiger partial charge in [0.25, 0.3) is 0 Å². The first-order chi connectivity index (χ1) is 21.9. The summed E-state index contributed by atoms with van der Waals surface area (Å²) >= 11 is 1.47. The van der Waals surface area contributed by atoms with E-state index in [2.05, 4.69) is 10.3 Å². The van der Waals surface area contributed by atoms with Gasteiger partial charge in [-0.3, -0.25) is 4.79 Å². The summed E-state index contributed by atoms with van der Waals surface area (Å²) in [5, 5.41) is 17.4.